The second-order valence-corrected chi connectivity index (χ2v) is 7.33. The fourth-order valence-corrected chi connectivity index (χ4v) is 3.64. The third-order valence-electron chi connectivity index (χ3n) is 5.39. The zero-order chi connectivity index (χ0) is 21.7. The van der Waals surface area contributed by atoms with Crippen molar-refractivity contribution in [2.24, 2.45) is 0 Å². The van der Waals surface area contributed by atoms with Crippen molar-refractivity contribution < 1.29 is 27.6 Å². The van der Waals surface area contributed by atoms with Gasteiger partial charge in [-0.05, 0) is 44.2 Å². The average molecular weight is 422 g/mol. The highest BCUT2D eigenvalue weighted by Gasteiger charge is 2.32. The number of nitrogens with zero attached hydrogens (tertiary/aromatic N) is 1. The highest BCUT2D eigenvalue weighted by Crippen LogP contribution is 2.31. The molecule has 2 aromatic rings. The number of benzene rings is 2. The molecule has 1 fully saturated rings. The third-order valence-corrected chi connectivity index (χ3v) is 5.39. The summed E-state index contributed by atoms with van der Waals surface area (Å²) in [6.07, 6.45) is -4.35. The maximum atomic E-state index is 13.0. The molecule has 1 saturated heterocycles. The molecule has 1 aliphatic rings. The molecule has 0 radical (unpaired) electrons. The summed E-state index contributed by atoms with van der Waals surface area (Å²) >= 11 is 0. The van der Waals surface area contributed by atoms with Gasteiger partial charge in [0.2, 0.25) is 0 Å². The second kappa shape index (κ2) is 9.38. The van der Waals surface area contributed by atoms with E-state index in [2.05, 4.69) is 5.32 Å². The molecule has 1 heterocycles. The van der Waals surface area contributed by atoms with Crippen LogP contribution in [0.3, 0.4) is 0 Å². The Morgan fingerprint density at radius 2 is 1.87 bits per heavy atom. The second-order valence-electron chi connectivity index (χ2n) is 7.33. The van der Waals surface area contributed by atoms with E-state index in [0.717, 1.165) is 11.0 Å². The number of carbonyl (C=O) groups is 1. The number of carbonyl (C=O) groups excluding carboxylic acids is 1. The summed E-state index contributed by atoms with van der Waals surface area (Å²) in [6.45, 7) is 6.76. The molecule has 5 nitrogen and oxygen atoms in total. The summed E-state index contributed by atoms with van der Waals surface area (Å²) in [7, 11) is 0. The maximum absolute atomic E-state index is 13.0. The number of rotatable bonds is 6. The lowest BCUT2D eigenvalue weighted by Gasteiger charge is -2.36. The Labute approximate surface area is 174 Å². The SMILES string of the molecule is CCOc1ccccc1NC(=O)[C@@H](C)[NH+]1CCN(c2cccc(C(F)(F)F)c2)CC1. The molecular weight excluding hydrogens is 395 g/mol. The number of piperazine rings is 1. The van der Waals surface area contributed by atoms with Crippen LogP contribution < -0.4 is 19.9 Å². The zero-order valence-corrected chi connectivity index (χ0v) is 17.1. The average Bonchev–Trinajstić information content (AvgIpc) is 2.74. The molecule has 3 rings (SSSR count). The molecule has 8 heteroatoms. The minimum absolute atomic E-state index is 0.107. The minimum atomic E-state index is -4.35. The van der Waals surface area contributed by atoms with Crippen molar-refractivity contribution in [1.29, 1.82) is 0 Å². The standard InChI is InChI=1S/C22H26F3N3O2/c1-3-30-20-10-5-4-9-19(20)26-21(29)16(2)27-11-13-28(14-12-27)18-8-6-7-17(15-18)22(23,24)25/h4-10,15-16H,3,11-14H2,1-2H3,(H,26,29)/p+1/t16-/m1/s1. The first-order chi connectivity index (χ1) is 14.3. The van der Waals surface area contributed by atoms with Gasteiger partial charge in [-0.3, -0.25) is 4.79 Å². The van der Waals surface area contributed by atoms with Crippen molar-refractivity contribution in [2.45, 2.75) is 26.1 Å². The van der Waals surface area contributed by atoms with Crippen LogP contribution in [-0.2, 0) is 11.0 Å². The van der Waals surface area contributed by atoms with E-state index in [-0.39, 0.29) is 11.9 Å². The molecule has 0 aromatic heterocycles. The molecule has 1 aliphatic heterocycles. The number of nitrogens with one attached hydrogen (secondary N) is 2. The van der Waals surface area contributed by atoms with Gasteiger partial charge in [-0.1, -0.05) is 18.2 Å². The van der Waals surface area contributed by atoms with Crippen molar-refractivity contribution in [2.75, 3.05) is 43.0 Å². The highest BCUT2D eigenvalue weighted by molar-refractivity contribution is 5.94. The number of hydrogen-bond donors (Lipinski definition) is 2. The van der Waals surface area contributed by atoms with Gasteiger partial charge in [0.1, 0.15) is 5.75 Å². The number of quaternary nitrogens is 1. The topological polar surface area (TPSA) is 46.0 Å². The fraction of sp³-hybridized carbons (Fsp3) is 0.409. The summed E-state index contributed by atoms with van der Waals surface area (Å²) < 4.78 is 44.5. The number of ether oxygens (including phenoxy) is 1. The van der Waals surface area contributed by atoms with Crippen LogP contribution in [0.1, 0.15) is 19.4 Å². The molecule has 2 N–H and O–H groups in total. The van der Waals surface area contributed by atoms with E-state index in [1.54, 1.807) is 12.1 Å². The molecule has 30 heavy (non-hydrogen) atoms. The molecule has 0 aliphatic carbocycles. The van der Waals surface area contributed by atoms with E-state index in [1.807, 2.05) is 36.9 Å². The first-order valence-corrected chi connectivity index (χ1v) is 10.1. The maximum Gasteiger partial charge on any atom is 0.416 e. The number of para-hydroxylation sites is 2. The predicted octanol–water partition coefficient (Wildman–Crippen LogP) is 2.84. The van der Waals surface area contributed by atoms with Crippen LogP contribution in [0.5, 0.6) is 5.75 Å². The Hall–Kier alpha value is -2.74. The van der Waals surface area contributed by atoms with E-state index < -0.39 is 11.7 Å². The van der Waals surface area contributed by atoms with Crippen LogP contribution >= 0.6 is 0 Å². The molecule has 0 saturated carbocycles. The Morgan fingerprint density at radius 1 is 1.17 bits per heavy atom. The van der Waals surface area contributed by atoms with Gasteiger partial charge in [-0.15, -0.1) is 0 Å². The summed E-state index contributed by atoms with van der Waals surface area (Å²) in [5.74, 6) is 0.523. The van der Waals surface area contributed by atoms with Crippen molar-refractivity contribution >= 4 is 17.3 Å². The first kappa shape index (κ1) is 22.0. The third kappa shape index (κ3) is 5.24. The number of halogens is 3. The van der Waals surface area contributed by atoms with Gasteiger partial charge in [0.05, 0.1) is 44.0 Å². The molecule has 0 unspecified atom stereocenters. The van der Waals surface area contributed by atoms with Crippen molar-refractivity contribution in [1.82, 2.24) is 0 Å². The van der Waals surface area contributed by atoms with Gasteiger partial charge >= 0.3 is 6.18 Å². The quantitative estimate of drug-likeness (QED) is 0.753. The normalized spacial score (nSPS) is 16.2. The van der Waals surface area contributed by atoms with Gasteiger partial charge in [0, 0.05) is 5.69 Å². The fourth-order valence-electron chi connectivity index (χ4n) is 3.64. The zero-order valence-electron chi connectivity index (χ0n) is 17.1. The largest absolute Gasteiger partial charge is 0.492 e. The van der Waals surface area contributed by atoms with Crippen LogP contribution in [0.4, 0.5) is 24.5 Å². The van der Waals surface area contributed by atoms with E-state index in [4.69, 9.17) is 4.74 Å². The molecule has 0 spiro atoms. The van der Waals surface area contributed by atoms with Crippen LogP contribution in [-0.4, -0.2) is 44.7 Å². The van der Waals surface area contributed by atoms with Crippen LogP contribution in [0.2, 0.25) is 0 Å². The van der Waals surface area contributed by atoms with Gasteiger partial charge in [-0.25, -0.2) is 0 Å². The molecule has 1 amide bonds. The Kier molecular flexibility index (Phi) is 6.87. The molecule has 2 aromatic carbocycles. The van der Waals surface area contributed by atoms with Gasteiger partial charge in [0.15, 0.2) is 6.04 Å². The number of amides is 1. The van der Waals surface area contributed by atoms with Crippen LogP contribution in [0.25, 0.3) is 0 Å². The van der Waals surface area contributed by atoms with E-state index in [0.29, 0.717) is 49.9 Å². The van der Waals surface area contributed by atoms with Gasteiger partial charge < -0.3 is 19.9 Å². The monoisotopic (exact) mass is 422 g/mol. The van der Waals surface area contributed by atoms with Crippen LogP contribution in [0, 0.1) is 0 Å². The lowest BCUT2D eigenvalue weighted by Crippen LogP contribution is -3.19. The van der Waals surface area contributed by atoms with Crippen molar-refractivity contribution in [3.8, 4) is 5.75 Å². The van der Waals surface area contributed by atoms with Crippen LogP contribution in [0.15, 0.2) is 48.5 Å². The molecular formula is C22H27F3N3O2+. The predicted molar refractivity (Wildman–Crippen MR) is 110 cm³/mol. The van der Waals surface area contributed by atoms with E-state index >= 15 is 0 Å². The summed E-state index contributed by atoms with van der Waals surface area (Å²) in [5, 5.41) is 2.94. The molecule has 162 valence electrons. The Bertz CT molecular complexity index is 865. The van der Waals surface area contributed by atoms with Crippen molar-refractivity contribution in [3.63, 3.8) is 0 Å². The smallest absolute Gasteiger partial charge is 0.416 e. The summed E-state index contributed by atoms with van der Waals surface area (Å²) in [6, 6.07) is 12.4. The Balaban J connectivity index is 1.59. The number of anilines is 2. The number of alkyl halides is 3. The Morgan fingerprint density at radius 3 is 2.53 bits per heavy atom. The minimum Gasteiger partial charge on any atom is -0.492 e. The summed E-state index contributed by atoms with van der Waals surface area (Å²) in [5.41, 5.74) is 0.556. The first-order valence-electron chi connectivity index (χ1n) is 10.1. The molecule has 1 atom stereocenters. The van der Waals surface area contributed by atoms with Gasteiger partial charge in [0.25, 0.3) is 5.91 Å². The van der Waals surface area contributed by atoms with E-state index in [1.165, 1.54) is 12.1 Å². The van der Waals surface area contributed by atoms with Gasteiger partial charge in [-0.2, -0.15) is 13.2 Å². The van der Waals surface area contributed by atoms with Crippen molar-refractivity contribution in [3.05, 3.63) is 54.1 Å². The summed E-state index contributed by atoms with van der Waals surface area (Å²) in [4.78, 5) is 15.8. The molecule has 0 bridgehead atoms. The lowest BCUT2D eigenvalue weighted by molar-refractivity contribution is -0.914. The highest BCUT2D eigenvalue weighted by atomic mass is 19.4. The van der Waals surface area contributed by atoms with E-state index in [9.17, 15) is 18.0 Å². The number of hydrogen-bond acceptors (Lipinski definition) is 3. The lowest BCUT2D eigenvalue weighted by atomic mass is 10.1.